The van der Waals surface area contributed by atoms with Crippen LogP contribution in [0.2, 0.25) is 0 Å². The quantitative estimate of drug-likeness (QED) is 0.672. The third-order valence-electron chi connectivity index (χ3n) is 3.07. The van der Waals surface area contributed by atoms with Gasteiger partial charge in [-0.25, -0.2) is 0 Å². The minimum atomic E-state index is 0.654. The molecule has 0 aromatic rings. The molecule has 0 atom stereocenters. The van der Waals surface area contributed by atoms with Gasteiger partial charge in [0, 0.05) is 19.3 Å². The monoisotopic (exact) mass is 228 g/mol. The molecule has 0 saturated carbocycles. The summed E-state index contributed by atoms with van der Waals surface area (Å²) in [5, 5.41) is 3.62. The Hall–Kier alpha value is -0.120. The molecule has 0 spiro atoms. The van der Waals surface area contributed by atoms with E-state index >= 15 is 0 Å². The van der Waals surface area contributed by atoms with Crippen LogP contribution >= 0.6 is 0 Å². The largest absolute Gasteiger partial charge is 0.381 e. The zero-order valence-corrected chi connectivity index (χ0v) is 11.2. The van der Waals surface area contributed by atoms with Gasteiger partial charge >= 0.3 is 0 Å². The number of hydrogen-bond donors (Lipinski definition) is 1. The number of nitrogens with zero attached hydrogens (tertiary/aromatic N) is 1. The van der Waals surface area contributed by atoms with Gasteiger partial charge in [0.05, 0.1) is 0 Å². The van der Waals surface area contributed by atoms with E-state index in [9.17, 15) is 0 Å². The third kappa shape index (κ3) is 6.46. The highest BCUT2D eigenvalue weighted by Gasteiger charge is 2.15. The Balaban J connectivity index is 1.87. The van der Waals surface area contributed by atoms with Crippen LogP contribution in [0, 0.1) is 5.92 Å². The van der Waals surface area contributed by atoms with Crippen molar-refractivity contribution in [3.8, 4) is 0 Å². The van der Waals surface area contributed by atoms with Gasteiger partial charge in [-0.3, -0.25) is 0 Å². The highest BCUT2D eigenvalue weighted by atomic mass is 16.5. The summed E-state index contributed by atoms with van der Waals surface area (Å²) in [6, 6.07) is 0.737. The summed E-state index contributed by atoms with van der Waals surface area (Å²) in [5.41, 5.74) is 0. The van der Waals surface area contributed by atoms with Crippen LogP contribution in [-0.4, -0.2) is 50.8 Å². The van der Waals surface area contributed by atoms with Gasteiger partial charge in [0.25, 0.3) is 0 Å². The zero-order chi connectivity index (χ0) is 11.8. The summed E-state index contributed by atoms with van der Waals surface area (Å²) in [6.07, 6.45) is 3.73. The summed E-state index contributed by atoms with van der Waals surface area (Å²) < 4.78 is 5.55. The summed E-state index contributed by atoms with van der Waals surface area (Å²) in [5.74, 6) is 0.654. The maximum Gasteiger partial charge on any atom is 0.0489 e. The maximum atomic E-state index is 5.55. The Morgan fingerprint density at radius 3 is 2.62 bits per heavy atom. The van der Waals surface area contributed by atoms with Gasteiger partial charge in [-0.1, -0.05) is 13.8 Å². The molecule has 0 radical (unpaired) electrons. The van der Waals surface area contributed by atoms with Gasteiger partial charge in [-0.05, 0) is 51.9 Å². The molecule has 0 aromatic carbocycles. The number of hydrogen-bond acceptors (Lipinski definition) is 3. The molecule has 1 heterocycles. The van der Waals surface area contributed by atoms with E-state index in [1.165, 1.54) is 25.9 Å². The SMILES string of the molecule is CC(C)COCCCNC1CCN(C)CC1. The van der Waals surface area contributed by atoms with Gasteiger partial charge in [-0.2, -0.15) is 0 Å². The van der Waals surface area contributed by atoms with Crippen molar-refractivity contribution < 1.29 is 4.74 Å². The first-order chi connectivity index (χ1) is 7.68. The van der Waals surface area contributed by atoms with Crippen LogP contribution in [-0.2, 0) is 4.74 Å². The summed E-state index contributed by atoms with van der Waals surface area (Å²) in [6.45, 7) is 9.76. The molecule has 3 heteroatoms. The predicted octanol–water partition coefficient (Wildman–Crippen LogP) is 1.73. The smallest absolute Gasteiger partial charge is 0.0489 e. The molecule has 1 aliphatic rings. The maximum absolute atomic E-state index is 5.55. The highest BCUT2D eigenvalue weighted by Crippen LogP contribution is 2.07. The van der Waals surface area contributed by atoms with Crippen molar-refractivity contribution in [2.45, 2.75) is 39.2 Å². The average molecular weight is 228 g/mol. The lowest BCUT2D eigenvalue weighted by Gasteiger charge is -2.29. The van der Waals surface area contributed by atoms with Gasteiger partial charge in [0.15, 0.2) is 0 Å². The molecule has 1 fully saturated rings. The van der Waals surface area contributed by atoms with Crippen molar-refractivity contribution in [2.75, 3.05) is 39.9 Å². The fraction of sp³-hybridized carbons (Fsp3) is 1.00. The average Bonchev–Trinajstić information content (AvgIpc) is 2.25. The first kappa shape index (κ1) is 13.9. The Labute approximate surface area is 101 Å². The Bertz CT molecular complexity index is 165. The van der Waals surface area contributed by atoms with E-state index in [0.717, 1.165) is 32.2 Å². The molecule has 0 aliphatic carbocycles. The molecule has 1 rings (SSSR count). The van der Waals surface area contributed by atoms with Crippen molar-refractivity contribution in [1.29, 1.82) is 0 Å². The van der Waals surface area contributed by atoms with Crippen molar-refractivity contribution in [3.05, 3.63) is 0 Å². The van der Waals surface area contributed by atoms with E-state index in [4.69, 9.17) is 4.74 Å². The fourth-order valence-electron chi connectivity index (χ4n) is 2.01. The lowest BCUT2D eigenvalue weighted by molar-refractivity contribution is 0.106. The van der Waals surface area contributed by atoms with Gasteiger partial charge in [0.2, 0.25) is 0 Å². The molecule has 0 amide bonds. The van der Waals surface area contributed by atoms with E-state index in [1.807, 2.05) is 0 Å². The molecule has 0 unspecified atom stereocenters. The number of nitrogens with one attached hydrogen (secondary N) is 1. The first-order valence-corrected chi connectivity index (χ1v) is 6.68. The number of piperidine rings is 1. The number of rotatable bonds is 7. The van der Waals surface area contributed by atoms with Gasteiger partial charge in [0.1, 0.15) is 0 Å². The molecule has 96 valence electrons. The molecule has 16 heavy (non-hydrogen) atoms. The van der Waals surface area contributed by atoms with Crippen molar-refractivity contribution in [1.82, 2.24) is 10.2 Å². The Morgan fingerprint density at radius 2 is 2.00 bits per heavy atom. The molecular formula is C13H28N2O. The Morgan fingerprint density at radius 1 is 1.31 bits per heavy atom. The summed E-state index contributed by atoms with van der Waals surface area (Å²) >= 11 is 0. The van der Waals surface area contributed by atoms with Crippen molar-refractivity contribution in [3.63, 3.8) is 0 Å². The third-order valence-corrected chi connectivity index (χ3v) is 3.07. The fourth-order valence-corrected chi connectivity index (χ4v) is 2.01. The first-order valence-electron chi connectivity index (χ1n) is 6.68. The van der Waals surface area contributed by atoms with Crippen LogP contribution in [0.15, 0.2) is 0 Å². The molecule has 3 nitrogen and oxygen atoms in total. The molecule has 1 saturated heterocycles. The lowest BCUT2D eigenvalue weighted by Crippen LogP contribution is -2.41. The lowest BCUT2D eigenvalue weighted by atomic mass is 10.1. The van der Waals surface area contributed by atoms with Crippen LogP contribution in [0.25, 0.3) is 0 Å². The normalized spacial score (nSPS) is 19.5. The van der Waals surface area contributed by atoms with E-state index in [-0.39, 0.29) is 0 Å². The summed E-state index contributed by atoms with van der Waals surface area (Å²) in [7, 11) is 2.20. The van der Waals surface area contributed by atoms with Crippen LogP contribution in [0.1, 0.15) is 33.1 Å². The number of likely N-dealkylation sites (tertiary alicyclic amines) is 1. The van der Waals surface area contributed by atoms with Crippen LogP contribution in [0.3, 0.4) is 0 Å². The molecule has 1 N–H and O–H groups in total. The summed E-state index contributed by atoms with van der Waals surface area (Å²) in [4.78, 5) is 2.41. The second-order valence-electron chi connectivity index (χ2n) is 5.35. The van der Waals surface area contributed by atoms with Crippen molar-refractivity contribution in [2.24, 2.45) is 5.92 Å². The second-order valence-corrected chi connectivity index (χ2v) is 5.35. The topological polar surface area (TPSA) is 24.5 Å². The van der Waals surface area contributed by atoms with Gasteiger partial charge < -0.3 is 15.0 Å². The standard InChI is InChI=1S/C13H28N2O/c1-12(2)11-16-10-4-7-14-13-5-8-15(3)9-6-13/h12-14H,4-11H2,1-3H3. The minimum absolute atomic E-state index is 0.654. The van der Waals surface area contributed by atoms with Crippen LogP contribution in [0.4, 0.5) is 0 Å². The van der Waals surface area contributed by atoms with Crippen molar-refractivity contribution >= 4 is 0 Å². The van der Waals surface area contributed by atoms with E-state index in [1.54, 1.807) is 0 Å². The molecular weight excluding hydrogens is 200 g/mol. The van der Waals surface area contributed by atoms with E-state index in [0.29, 0.717) is 5.92 Å². The Kier molecular flexibility index (Phi) is 7.01. The zero-order valence-electron chi connectivity index (χ0n) is 11.2. The van der Waals surface area contributed by atoms with E-state index in [2.05, 4.69) is 31.1 Å². The van der Waals surface area contributed by atoms with E-state index < -0.39 is 0 Å². The highest BCUT2D eigenvalue weighted by molar-refractivity contribution is 4.75. The molecule has 0 bridgehead atoms. The minimum Gasteiger partial charge on any atom is -0.381 e. The van der Waals surface area contributed by atoms with Crippen LogP contribution < -0.4 is 5.32 Å². The molecule has 1 aliphatic heterocycles. The van der Waals surface area contributed by atoms with Gasteiger partial charge in [-0.15, -0.1) is 0 Å². The van der Waals surface area contributed by atoms with Crippen LogP contribution in [0.5, 0.6) is 0 Å². The predicted molar refractivity (Wildman–Crippen MR) is 68.8 cm³/mol. The molecule has 0 aromatic heterocycles. The number of ether oxygens (including phenoxy) is 1. The second kappa shape index (κ2) is 8.04.